The number of benzene rings is 7. The summed E-state index contributed by atoms with van der Waals surface area (Å²) >= 11 is 0. The Kier molecular flexibility index (Phi) is 21.1. The molecule has 0 aliphatic heterocycles. The number of phenols is 1. The van der Waals surface area contributed by atoms with E-state index < -0.39 is 106 Å². The number of aromatic hydroxyl groups is 1. The second-order valence-corrected chi connectivity index (χ2v) is 19.5. The third kappa shape index (κ3) is 13.8. The average Bonchev–Trinajstić information content (AvgIpc) is 3.23. The summed E-state index contributed by atoms with van der Waals surface area (Å²) in [4.78, 5) is 22.2. The molecule has 22 nitrogen and oxygen atoms in total. The summed E-state index contributed by atoms with van der Waals surface area (Å²) in [5.41, 5.74) is -1.42. The Bertz CT molecular complexity index is 3780. The summed E-state index contributed by atoms with van der Waals surface area (Å²) in [6, 6.07) is 22.5. The molecule has 0 aromatic heterocycles. The van der Waals surface area contributed by atoms with Crippen molar-refractivity contribution in [2.75, 3.05) is 5.32 Å². The zero-order chi connectivity index (χ0) is 47.9. The molecule has 0 aliphatic carbocycles. The Balaban J connectivity index is 0.00000324. The van der Waals surface area contributed by atoms with Gasteiger partial charge in [-0.15, -0.1) is 15.3 Å². The van der Waals surface area contributed by atoms with E-state index in [-0.39, 0.29) is 157 Å². The van der Waals surface area contributed by atoms with Gasteiger partial charge in [0.05, 0.1) is 33.0 Å². The first-order chi connectivity index (χ1) is 30.9. The minimum absolute atomic E-state index is 0. The van der Waals surface area contributed by atoms with E-state index in [2.05, 4.69) is 36.0 Å². The molecular weight excluding hydrogens is 1040 g/mol. The Morgan fingerprint density at radius 1 is 0.514 bits per heavy atom. The molecule has 4 radical (unpaired) electrons. The number of nitrogens with one attached hydrogen (secondary N) is 1. The van der Waals surface area contributed by atoms with Gasteiger partial charge < -0.3 is 10.4 Å². The Labute approximate surface area is 486 Å². The van der Waals surface area contributed by atoms with Gasteiger partial charge >= 0.3 is 0 Å². The van der Waals surface area contributed by atoms with E-state index in [9.17, 15) is 66.6 Å². The Hall–Kier alpha value is -3.30. The molecule has 0 heterocycles. The van der Waals surface area contributed by atoms with Gasteiger partial charge in [-0.2, -0.15) is 49.0 Å². The van der Waals surface area contributed by atoms with Gasteiger partial charge in [0.15, 0.2) is 11.5 Å². The first-order valence-corrected chi connectivity index (χ1v) is 24.1. The number of rotatable bonds is 13. The topological polar surface area (TPSA) is 358 Å². The van der Waals surface area contributed by atoms with E-state index in [1.54, 1.807) is 36.4 Å². The van der Waals surface area contributed by atoms with Gasteiger partial charge in [0.25, 0.3) is 46.4 Å². The number of anilines is 1. The quantitative estimate of drug-likeness (QED) is 0.0298. The van der Waals surface area contributed by atoms with Gasteiger partial charge in [-0.1, -0.05) is 54.6 Å². The first-order valence-electron chi connectivity index (χ1n) is 18.3. The molecule has 7 rings (SSSR count). The maximum absolute atomic E-state index is 13.0. The fourth-order valence-electron chi connectivity index (χ4n) is 6.59. The predicted molar refractivity (Wildman–Crippen MR) is 258 cm³/mol. The molecule has 0 bridgehead atoms. The first kappa shape index (κ1) is 61.0. The van der Waals surface area contributed by atoms with Crippen LogP contribution in [0.2, 0.25) is 0 Å². The fourth-order valence-corrected chi connectivity index (χ4v) is 9.21. The van der Waals surface area contributed by atoms with E-state index in [0.29, 0.717) is 17.5 Å². The van der Waals surface area contributed by atoms with E-state index in [1.165, 1.54) is 36.4 Å². The van der Waals surface area contributed by atoms with Crippen molar-refractivity contribution in [2.45, 2.75) is 32.5 Å². The molecule has 342 valence electrons. The van der Waals surface area contributed by atoms with Crippen LogP contribution in [0.25, 0.3) is 32.3 Å². The number of phenolic OH excluding ortho intramolecular Hbond substituents is 1. The smallest absolute Gasteiger partial charge is 0.296 e. The maximum atomic E-state index is 13.0. The molecule has 70 heavy (non-hydrogen) atoms. The third-order valence-electron chi connectivity index (χ3n) is 9.50. The van der Waals surface area contributed by atoms with Crippen LogP contribution in [0.1, 0.15) is 6.92 Å². The minimum atomic E-state index is -5.32. The minimum Gasteiger partial charge on any atom is -0.505 e. The standard InChI is InChI=1S/C40H29N7O15S4.4Na/c1-21(48)37(40(50)41-23-8-3-2-4-9-23)46-45-32-20-25(63(51,52)53)16-22-17-35(66(60,61)62)38(39(49)36(22)32)47-44-31-15-14-30(26-10-5-6-11-27(26)31)43-42-24-18-29-28(34(19-24)65(57,58)59)12-7-13-33(29)64(54,55)56;;;;/h2-20,37,49H,1H3,(H,41,50)(H,51,52,53)(H,54,55,56)(H,57,58,59)(H,60,61,62);;;;. The number of ketones is 1. The Morgan fingerprint density at radius 3 is 1.60 bits per heavy atom. The molecule has 7 aromatic rings. The van der Waals surface area contributed by atoms with Crippen molar-refractivity contribution in [1.82, 2.24) is 0 Å². The summed E-state index contributed by atoms with van der Waals surface area (Å²) in [6.45, 7) is 1.02. The van der Waals surface area contributed by atoms with Gasteiger partial charge in [0, 0.05) is 145 Å². The number of carbonyl (C=O) groups is 2. The van der Waals surface area contributed by atoms with Gasteiger partial charge in [-0.05, 0) is 73.0 Å². The summed E-state index contributed by atoms with van der Waals surface area (Å²) in [5.74, 6) is -2.84. The van der Waals surface area contributed by atoms with Crippen molar-refractivity contribution < 1.29 is 66.6 Å². The van der Waals surface area contributed by atoms with Crippen LogP contribution in [-0.2, 0) is 50.1 Å². The molecule has 0 saturated heterocycles. The molecule has 1 unspecified atom stereocenters. The van der Waals surface area contributed by atoms with Crippen LogP contribution in [0.5, 0.6) is 5.75 Å². The molecule has 0 aliphatic rings. The number of azo groups is 3. The van der Waals surface area contributed by atoms with Gasteiger partial charge in [-0.25, -0.2) is 0 Å². The van der Waals surface area contributed by atoms with Crippen molar-refractivity contribution >= 4 is 237 Å². The monoisotopic (exact) mass is 1070 g/mol. The maximum Gasteiger partial charge on any atom is 0.296 e. The van der Waals surface area contributed by atoms with Gasteiger partial charge in [-0.3, -0.25) is 27.8 Å². The van der Waals surface area contributed by atoms with Crippen LogP contribution in [0, 0.1) is 0 Å². The van der Waals surface area contributed by atoms with E-state index in [1.807, 2.05) is 0 Å². The molecule has 0 fully saturated rings. The van der Waals surface area contributed by atoms with Crippen molar-refractivity contribution in [3.8, 4) is 5.75 Å². The van der Waals surface area contributed by atoms with Crippen molar-refractivity contribution in [2.24, 2.45) is 30.7 Å². The second-order valence-electron chi connectivity index (χ2n) is 13.9. The van der Waals surface area contributed by atoms with Crippen molar-refractivity contribution in [3.05, 3.63) is 115 Å². The molecule has 0 spiro atoms. The van der Waals surface area contributed by atoms with Gasteiger partial charge in [0.2, 0.25) is 6.04 Å². The number of hydrogen-bond acceptors (Lipinski definition) is 17. The van der Waals surface area contributed by atoms with Crippen LogP contribution in [0.3, 0.4) is 0 Å². The molecule has 7 aromatic carbocycles. The summed E-state index contributed by atoms with van der Waals surface area (Å²) in [5, 5.41) is 37.1. The van der Waals surface area contributed by atoms with Crippen LogP contribution in [0.15, 0.2) is 166 Å². The normalized spacial score (nSPS) is 12.6. The van der Waals surface area contributed by atoms with Crippen LogP contribution >= 0.6 is 0 Å². The van der Waals surface area contributed by atoms with Gasteiger partial charge in [0.1, 0.15) is 20.4 Å². The number of Topliss-reactive ketones (excluding diaryl/α,β-unsaturated/α-hetero) is 1. The van der Waals surface area contributed by atoms with Crippen LogP contribution in [0.4, 0.5) is 34.1 Å². The zero-order valence-electron chi connectivity index (χ0n) is 37.2. The number of carbonyl (C=O) groups excluding carboxylic acids is 2. The molecule has 1 atom stereocenters. The molecule has 30 heteroatoms. The van der Waals surface area contributed by atoms with E-state index in [0.717, 1.165) is 37.3 Å². The van der Waals surface area contributed by atoms with Crippen molar-refractivity contribution in [1.29, 1.82) is 0 Å². The number of nitrogens with zero attached hydrogens (tertiary/aromatic N) is 6. The average molecular weight is 1070 g/mol. The number of fused-ring (bicyclic) bond motifs is 3. The number of hydrogen-bond donors (Lipinski definition) is 6. The van der Waals surface area contributed by atoms with Crippen LogP contribution < -0.4 is 5.32 Å². The number of para-hydroxylation sites is 1. The number of amides is 1. The van der Waals surface area contributed by atoms with E-state index in [4.69, 9.17) is 0 Å². The molecule has 1 amide bonds. The molecule has 6 N–H and O–H groups in total. The van der Waals surface area contributed by atoms with E-state index >= 15 is 0 Å². The largest absolute Gasteiger partial charge is 0.505 e. The van der Waals surface area contributed by atoms with Crippen LogP contribution in [-0.4, -0.2) is 193 Å². The fraction of sp³-hybridized carbons (Fsp3) is 0.0500. The second kappa shape index (κ2) is 24.2. The summed E-state index contributed by atoms with van der Waals surface area (Å²) < 4.78 is 139. The predicted octanol–water partition coefficient (Wildman–Crippen LogP) is 6.83. The summed E-state index contributed by atoms with van der Waals surface area (Å²) in [7, 11) is -20.2. The van der Waals surface area contributed by atoms with Crippen molar-refractivity contribution in [3.63, 3.8) is 0 Å². The summed E-state index contributed by atoms with van der Waals surface area (Å²) in [6.07, 6.45) is 0. The molecular formula is C40H29N7Na4O15S4. The SMILES string of the molecule is CC(=O)C(N=Nc1cc(S(=O)(=O)O)cc2cc(S(=O)(=O)O)c(N=Nc3ccc(N=Nc4cc(S(=O)(=O)O)c5cccc(S(=O)(=O)O)c5c4)c4ccccc34)c(O)c12)C(=O)Nc1ccccc1.[Na].[Na].[Na].[Na]. The Morgan fingerprint density at radius 2 is 1.06 bits per heavy atom. The zero-order valence-corrected chi connectivity index (χ0v) is 48.4. The molecule has 0 saturated carbocycles. The third-order valence-corrected chi connectivity index (χ3v) is 13.0.